The molecule has 0 unspecified atom stereocenters. The standard InChI is InChI=1S/C13H17N5O/c1-2-14-18(3-1)12-8-16(9-12)6-11-7-17-4-5-19-10-13(17)15-11/h1-3,7,12H,4-6,8-10H2. The molecule has 4 heterocycles. The number of fused-ring (bicyclic) bond motifs is 1. The molecule has 0 amide bonds. The third-order valence-corrected chi connectivity index (χ3v) is 3.84. The monoisotopic (exact) mass is 259 g/mol. The van der Waals surface area contributed by atoms with Crippen LogP contribution in [0.1, 0.15) is 17.6 Å². The Balaban J connectivity index is 1.37. The fourth-order valence-corrected chi connectivity index (χ4v) is 2.79. The fourth-order valence-electron chi connectivity index (χ4n) is 2.79. The lowest BCUT2D eigenvalue weighted by molar-refractivity contribution is 0.0813. The molecule has 2 aromatic rings. The molecule has 1 saturated heterocycles. The quantitative estimate of drug-likeness (QED) is 0.813. The minimum atomic E-state index is 0.524. The minimum Gasteiger partial charge on any atom is -0.372 e. The van der Waals surface area contributed by atoms with Crippen LogP contribution < -0.4 is 0 Å². The van der Waals surface area contributed by atoms with Crippen LogP contribution in [0.25, 0.3) is 0 Å². The number of aromatic nitrogens is 4. The van der Waals surface area contributed by atoms with Gasteiger partial charge in [0.25, 0.3) is 0 Å². The molecule has 0 bridgehead atoms. The first-order valence-electron chi connectivity index (χ1n) is 6.72. The average Bonchev–Trinajstić information content (AvgIpc) is 3.01. The van der Waals surface area contributed by atoms with E-state index in [4.69, 9.17) is 4.74 Å². The molecule has 1 fully saturated rings. The highest BCUT2D eigenvalue weighted by Gasteiger charge is 2.29. The van der Waals surface area contributed by atoms with Crippen LogP contribution in [0.15, 0.2) is 24.7 Å². The summed E-state index contributed by atoms with van der Waals surface area (Å²) in [5.41, 5.74) is 1.15. The number of imidazole rings is 1. The van der Waals surface area contributed by atoms with Crippen LogP contribution in [0.4, 0.5) is 0 Å². The van der Waals surface area contributed by atoms with Gasteiger partial charge in [0.15, 0.2) is 0 Å². The lowest BCUT2D eigenvalue weighted by Gasteiger charge is -2.38. The van der Waals surface area contributed by atoms with E-state index >= 15 is 0 Å². The van der Waals surface area contributed by atoms with Crippen LogP contribution in [0, 0.1) is 0 Å². The highest BCUT2D eigenvalue weighted by atomic mass is 16.5. The Hall–Kier alpha value is -1.66. The Morgan fingerprint density at radius 2 is 2.32 bits per heavy atom. The lowest BCUT2D eigenvalue weighted by atomic mass is 10.1. The van der Waals surface area contributed by atoms with Gasteiger partial charge in [0.05, 0.1) is 18.3 Å². The molecule has 0 spiro atoms. The van der Waals surface area contributed by atoms with Crippen molar-refractivity contribution in [1.29, 1.82) is 0 Å². The number of nitrogens with zero attached hydrogens (tertiary/aromatic N) is 5. The molecule has 4 rings (SSSR count). The van der Waals surface area contributed by atoms with Gasteiger partial charge in [-0.25, -0.2) is 4.98 Å². The van der Waals surface area contributed by atoms with E-state index in [0.717, 1.165) is 44.3 Å². The molecule has 0 aromatic carbocycles. The van der Waals surface area contributed by atoms with E-state index in [1.807, 2.05) is 23.1 Å². The van der Waals surface area contributed by atoms with E-state index in [-0.39, 0.29) is 0 Å². The van der Waals surface area contributed by atoms with Crippen LogP contribution in [0.5, 0.6) is 0 Å². The fraction of sp³-hybridized carbons (Fsp3) is 0.538. The summed E-state index contributed by atoms with van der Waals surface area (Å²) in [4.78, 5) is 7.04. The van der Waals surface area contributed by atoms with Gasteiger partial charge >= 0.3 is 0 Å². The van der Waals surface area contributed by atoms with Crippen molar-refractivity contribution in [2.24, 2.45) is 0 Å². The number of ether oxygens (including phenoxy) is 1. The second-order valence-electron chi connectivity index (χ2n) is 5.23. The van der Waals surface area contributed by atoms with Crippen LogP contribution in [-0.2, 0) is 24.4 Å². The molecular weight excluding hydrogens is 242 g/mol. The van der Waals surface area contributed by atoms with Crippen molar-refractivity contribution in [2.45, 2.75) is 25.7 Å². The molecule has 2 aromatic heterocycles. The number of hydrogen-bond donors (Lipinski definition) is 0. The molecular formula is C13H17N5O. The van der Waals surface area contributed by atoms with Gasteiger partial charge in [-0.15, -0.1) is 0 Å². The third-order valence-electron chi connectivity index (χ3n) is 3.84. The molecule has 0 atom stereocenters. The second-order valence-corrected chi connectivity index (χ2v) is 5.23. The molecule has 0 aliphatic carbocycles. The van der Waals surface area contributed by atoms with Crippen LogP contribution in [0.3, 0.4) is 0 Å². The Morgan fingerprint density at radius 1 is 1.37 bits per heavy atom. The van der Waals surface area contributed by atoms with Crippen molar-refractivity contribution in [3.05, 3.63) is 36.2 Å². The van der Waals surface area contributed by atoms with E-state index in [0.29, 0.717) is 12.6 Å². The predicted molar refractivity (Wildman–Crippen MR) is 68.4 cm³/mol. The number of likely N-dealkylation sites (tertiary alicyclic amines) is 1. The normalized spacial score (nSPS) is 20.2. The van der Waals surface area contributed by atoms with Gasteiger partial charge in [0, 0.05) is 44.8 Å². The van der Waals surface area contributed by atoms with Gasteiger partial charge in [-0.2, -0.15) is 5.10 Å². The maximum Gasteiger partial charge on any atom is 0.135 e. The van der Waals surface area contributed by atoms with E-state index < -0.39 is 0 Å². The summed E-state index contributed by atoms with van der Waals surface area (Å²) in [5.74, 6) is 1.06. The summed E-state index contributed by atoms with van der Waals surface area (Å²) in [7, 11) is 0. The van der Waals surface area contributed by atoms with E-state index in [9.17, 15) is 0 Å². The molecule has 0 saturated carbocycles. The van der Waals surface area contributed by atoms with Gasteiger partial charge in [-0.3, -0.25) is 9.58 Å². The Bertz CT molecular complexity index is 532. The summed E-state index contributed by atoms with van der Waals surface area (Å²) in [6, 6.07) is 2.50. The van der Waals surface area contributed by atoms with E-state index in [1.54, 1.807) is 0 Å². The Kier molecular flexibility index (Phi) is 2.63. The van der Waals surface area contributed by atoms with Crippen molar-refractivity contribution >= 4 is 0 Å². The van der Waals surface area contributed by atoms with Crippen LogP contribution >= 0.6 is 0 Å². The zero-order valence-electron chi connectivity index (χ0n) is 10.8. The molecule has 100 valence electrons. The van der Waals surface area contributed by atoms with Crippen molar-refractivity contribution in [3.8, 4) is 0 Å². The molecule has 2 aliphatic heterocycles. The van der Waals surface area contributed by atoms with Crippen molar-refractivity contribution in [1.82, 2.24) is 24.2 Å². The summed E-state index contributed by atoms with van der Waals surface area (Å²) in [6.45, 7) is 5.42. The smallest absolute Gasteiger partial charge is 0.135 e. The lowest BCUT2D eigenvalue weighted by Crippen LogP contribution is -2.47. The second kappa shape index (κ2) is 4.47. The first-order chi connectivity index (χ1) is 9.38. The highest BCUT2D eigenvalue weighted by Crippen LogP contribution is 2.22. The molecule has 6 nitrogen and oxygen atoms in total. The molecule has 19 heavy (non-hydrogen) atoms. The molecule has 2 aliphatic rings. The topological polar surface area (TPSA) is 48.1 Å². The molecule has 0 N–H and O–H groups in total. The first-order valence-corrected chi connectivity index (χ1v) is 6.72. The number of rotatable bonds is 3. The third kappa shape index (κ3) is 2.06. The van der Waals surface area contributed by atoms with Gasteiger partial charge in [0.1, 0.15) is 12.4 Å². The largest absolute Gasteiger partial charge is 0.372 e. The maximum absolute atomic E-state index is 5.41. The van der Waals surface area contributed by atoms with Crippen molar-refractivity contribution in [3.63, 3.8) is 0 Å². The molecule has 0 radical (unpaired) electrons. The van der Waals surface area contributed by atoms with Crippen molar-refractivity contribution in [2.75, 3.05) is 19.7 Å². The van der Waals surface area contributed by atoms with E-state index in [2.05, 4.69) is 25.7 Å². The maximum atomic E-state index is 5.41. The zero-order valence-corrected chi connectivity index (χ0v) is 10.8. The summed E-state index contributed by atoms with van der Waals surface area (Å²) in [5, 5.41) is 4.29. The first kappa shape index (κ1) is 11.2. The molecule has 6 heteroatoms. The van der Waals surface area contributed by atoms with E-state index in [1.165, 1.54) is 0 Å². The number of hydrogen-bond acceptors (Lipinski definition) is 4. The highest BCUT2D eigenvalue weighted by molar-refractivity contribution is 5.06. The zero-order chi connectivity index (χ0) is 12.7. The summed E-state index contributed by atoms with van der Waals surface area (Å²) >= 11 is 0. The Morgan fingerprint density at radius 3 is 3.11 bits per heavy atom. The van der Waals surface area contributed by atoms with Gasteiger partial charge in [-0.1, -0.05) is 0 Å². The minimum absolute atomic E-state index is 0.524. The van der Waals surface area contributed by atoms with Gasteiger partial charge in [-0.05, 0) is 6.07 Å². The summed E-state index contributed by atoms with van der Waals surface area (Å²) in [6.07, 6.45) is 6.04. The van der Waals surface area contributed by atoms with Crippen molar-refractivity contribution < 1.29 is 4.74 Å². The van der Waals surface area contributed by atoms with Crippen LogP contribution in [-0.4, -0.2) is 43.9 Å². The van der Waals surface area contributed by atoms with Gasteiger partial charge in [0.2, 0.25) is 0 Å². The average molecular weight is 259 g/mol. The van der Waals surface area contributed by atoms with Gasteiger partial charge < -0.3 is 9.30 Å². The Labute approximate surface area is 111 Å². The summed E-state index contributed by atoms with van der Waals surface area (Å²) < 4.78 is 9.67. The van der Waals surface area contributed by atoms with Crippen LogP contribution in [0.2, 0.25) is 0 Å². The predicted octanol–water partition coefficient (Wildman–Crippen LogP) is 0.667. The SMILES string of the molecule is c1cnn(C2CN(Cc3cn4c(n3)COCC4)C2)c1.